The normalized spacial score (nSPS) is 18.6. The number of carbonyl (C=O) groups excluding carboxylic acids is 2. The second-order valence-corrected chi connectivity index (χ2v) is 3.56. The Balaban J connectivity index is 2.45. The Labute approximate surface area is 75.5 Å². The van der Waals surface area contributed by atoms with E-state index in [4.69, 9.17) is 5.73 Å². The van der Waals surface area contributed by atoms with Crippen LogP contribution in [0, 0.1) is 0 Å². The predicted octanol–water partition coefficient (Wildman–Crippen LogP) is -0.563. The van der Waals surface area contributed by atoms with Gasteiger partial charge in [-0.15, -0.1) is 11.8 Å². The van der Waals surface area contributed by atoms with Crippen LogP contribution in [0.4, 0.5) is 0 Å². The summed E-state index contributed by atoms with van der Waals surface area (Å²) in [5.41, 5.74) is 5.28. The van der Waals surface area contributed by atoms with Crippen LogP contribution in [0.1, 0.15) is 6.42 Å². The number of carbonyl (C=O) groups is 2. The molecule has 12 heavy (non-hydrogen) atoms. The van der Waals surface area contributed by atoms with E-state index in [1.165, 1.54) is 16.7 Å². The molecule has 1 saturated heterocycles. The third-order valence-electron chi connectivity index (χ3n) is 1.64. The minimum Gasteiger partial charge on any atom is -0.330 e. The molecule has 0 aromatic heterocycles. The summed E-state index contributed by atoms with van der Waals surface area (Å²) in [6.45, 7) is 0.999. The van der Waals surface area contributed by atoms with Gasteiger partial charge in [-0.05, 0) is 13.0 Å². The maximum atomic E-state index is 11.2. The molecule has 0 aromatic carbocycles. The molecule has 1 aliphatic rings. The Morgan fingerprint density at radius 1 is 1.33 bits per heavy atom. The Morgan fingerprint density at radius 3 is 2.42 bits per heavy atom. The zero-order valence-corrected chi connectivity index (χ0v) is 7.60. The fourth-order valence-corrected chi connectivity index (χ4v) is 1.78. The fraction of sp³-hybridized carbons (Fsp3) is 0.714. The predicted molar refractivity (Wildman–Crippen MR) is 47.7 cm³/mol. The largest absolute Gasteiger partial charge is 0.330 e. The molecule has 1 rings (SSSR count). The topological polar surface area (TPSA) is 63.4 Å². The number of thioether (sulfide) groups is 1. The average Bonchev–Trinajstić information content (AvgIpc) is 2.04. The van der Waals surface area contributed by atoms with Crippen molar-refractivity contribution in [2.45, 2.75) is 6.42 Å². The lowest BCUT2D eigenvalue weighted by atomic mass is 10.3. The number of rotatable bonds is 3. The van der Waals surface area contributed by atoms with Gasteiger partial charge in [-0.2, -0.15) is 0 Å². The second-order valence-electron chi connectivity index (χ2n) is 2.57. The minimum absolute atomic E-state index is 0.0790. The van der Waals surface area contributed by atoms with Crippen molar-refractivity contribution in [3.05, 3.63) is 0 Å². The quantitative estimate of drug-likeness (QED) is 0.603. The van der Waals surface area contributed by atoms with Crippen LogP contribution in [0.2, 0.25) is 0 Å². The highest BCUT2D eigenvalue weighted by molar-refractivity contribution is 8.00. The third-order valence-corrected chi connectivity index (χ3v) is 2.54. The highest BCUT2D eigenvalue weighted by Gasteiger charge is 2.25. The van der Waals surface area contributed by atoms with Gasteiger partial charge in [0.2, 0.25) is 11.8 Å². The molecule has 1 heterocycles. The van der Waals surface area contributed by atoms with Crippen LogP contribution in [-0.2, 0) is 9.59 Å². The van der Waals surface area contributed by atoms with E-state index >= 15 is 0 Å². The molecule has 0 unspecified atom stereocenters. The number of imide groups is 1. The highest BCUT2D eigenvalue weighted by atomic mass is 32.2. The van der Waals surface area contributed by atoms with Gasteiger partial charge in [-0.3, -0.25) is 14.5 Å². The first-order valence-electron chi connectivity index (χ1n) is 3.86. The van der Waals surface area contributed by atoms with Gasteiger partial charge in [-0.1, -0.05) is 0 Å². The minimum atomic E-state index is -0.0790. The number of hydrogen-bond donors (Lipinski definition) is 1. The standard InChI is InChI=1S/C7H12N2O2S/c8-2-1-3-9-6(10)4-12-5-7(9)11/h1-5,8H2. The van der Waals surface area contributed by atoms with Gasteiger partial charge >= 0.3 is 0 Å². The number of nitrogens with two attached hydrogens (primary N) is 1. The summed E-state index contributed by atoms with van der Waals surface area (Å²) in [5.74, 6) is 0.696. The number of nitrogens with zero attached hydrogens (tertiary/aromatic N) is 1. The van der Waals surface area contributed by atoms with Crippen molar-refractivity contribution >= 4 is 23.6 Å². The van der Waals surface area contributed by atoms with Crippen LogP contribution < -0.4 is 5.73 Å². The van der Waals surface area contributed by atoms with Crippen molar-refractivity contribution in [3.8, 4) is 0 Å². The monoisotopic (exact) mass is 188 g/mol. The van der Waals surface area contributed by atoms with Crippen molar-refractivity contribution in [1.29, 1.82) is 0 Å². The molecule has 68 valence electrons. The van der Waals surface area contributed by atoms with Gasteiger partial charge in [0, 0.05) is 6.54 Å². The van der Waals surface area contributed by atoms with Crippen molar-refractivity contribution in [1.82, 2.24) is 4.90 Å². The van der Waals surface area contributed by atoms with Gasteiger partial charge in [0.15, 0.2) is 0 Å². The van der Waals surface area contributed by atoms with E-state index in [0.29, 0.717) is 31.0 Å². The molecule has 0 spiro atoms. The second kappa shape index (κ2) is 4.47. The van der Waals surface area contributed by atoms with Crippen LogP contribution in [-0.4, -0.2) is 41.3 Å². The molecular formula is C7H12N2O2S. The summed E-state index contributed by atoms with van der Waals surface area (Å²) < 4.78 is 0. The number of hydrogen-bond acceptors (Lipinski definition) is 4. The Hall–Kier alpha value is -0.550. The van der Waals surface area contributed by atoms with Gasteiger partial charge in [0.1, 0.15) is 0 Å². The lowest BCUT2D eigenvalue weighted by molar-refractivity contribution is -0.142. The molecule has 0 atom stereocenters. The van der Waals surface area contributed by atoms with E-state index < -0.39 is 0 Å². The van der Waals surface area contributed by atoms with Gasteiger partial charge < -0.3 is 5.73 Å². The summed E-state index contributed by atoms with van der Waals surface area (Å²) in [7, 11) is 0. The van der Waals surface area contributed by atoms with Gasteiger partial charge in [0.05, 0.1) is 11.5 Å². The maximum absolute atomic E-state index is 11.2. The molecule has 2 amide bonds. The lowest BCUT2D eigenvalue weighted by Crippen LogP contribution is -2.43. The summed E-state index contributed by atoms with van der Waals surface area (Å²) in [5, 5.41) is 0. The van der Waals surface area contributed by atoms with Crippen molar-refractivity contribution in [3.63, 3.8) is 0 Å². The van der Waals surface area contributed by atoms with E-state index in [9.17, 15) is 9.59 Å². The van der Waals surface area contributed by atoms with Crippen LogP contribution in [0.5, 0.6) is 0 Å². The zero-order valence-electron chi connectivity index (χ0n) is 6.78. The Morgan fingerprint density at radius 2 is 1.92 bits per heavy atom. The van der Waals surface area contributed by atoms with Crippen molar-refractivity contribution < 1.29 is 9.59 Å². The molecular weight excluding hydrogens is 176 g/mol. The zero-order chi connectivity index (χ0) is 8.97. The van der Waals surface area contributed by atoms with E-state index in [-0.39, 0.29) is 11.8 Å². The molecule has 1 aliphatic heterocycles. The lowest BCUT2D eigenvalue weighted by Gasteiger charge is -2.23. The van der Waals surface area contributed by atoms with E-state index in [2.05, 4.69) is 0 Å². The molecule has 1 fully saturated rings. The Kier molecular flexibility index (Phi) is 3.55. The van der Waals surface area contributed by atoms with Crippen molar-refractivity contribution in [2.24, 2.45) is 5.73 Å². The summed E-state index contributed by atoms with van der Waals surface area (Å²) in [4.78, 5) is 23.6. The molecule has 0 radical (unpaired) electrons. The van der Waals surface area contributed by atoms with Gasteiger partial charge in [-0.25, -0.2) is 0 Å². The third kappa shape index (κ3) is 2.22. The van der Waals surface area contributed by atoms with Crippen LogP contribution in [0.3, 0.4) is 0 Å². The smallest absolute Gasteiger partial charge is 0.239 e. The molecule has 0 aromatic rings. The SMILES string of the molecule is NCCCN1C(=O)CSCC1=O. The van der Waals surface area contributed by atoms with Crippen molar-refractivity contribution in [2.75, 3.05) is 24.6 Å². The first kappa shape index (κ1) is 9.54. The molecule has 2 N–H and O–H groups in total. The average molecular weight is 188 g/mol. The van der Waals surface area contributed by atoms with E-state index in [1.807, 2.05) is 0 Å². The summed E-state index contributed by atoms with van der Waals surface area (Å²) in [6, 6.07) is 0. The van der Waals surface area contributed by atoms with Crippen LogP contribution >= 0.6 is 11.8 Å². The summed E-state index contributed by atoms with van der Waals surface area (Å²) >= 11 is 1.38. The number of amides is 2. The van der Waals surface area contributed by atoms with Gasteiger partial charge in [0.25, 0.3) is 0 Å². The Bertz CT molecular complexity index is 180. The fourth-order valence-electron chi connectivity index (χ4n) is 1.02. The first-order valence-corrected chi connectivity index (χ1v) is 5.02. The molecule has 5 heteroatoms. The summed E-state index contributed by atoms with van der Waals surface area (Å²) in [6.07, 6.45) is 0.697. The highest BCUT2D eigenvalue weighted by Crippen LogP contribution is 2.11. The molecule has 4 nitrogen and oxygen atoms in total. The van der Waals surface area contributed by atoms with Crippen LogP contribution in [0.25, 0.3) is 0 Å². The first-order chi connectivity index (χ1) is 5.75. The van der Waals surface area contributed by atoms with E-state index in [1.54, 1.807) is 0 Å². The molecule has 0 aliphatic carbocycles. The van der Waals surface area contributed by atoms with Crippen LogP contribution in [0.15, 0.2) is 0 Å². The maximum Gasteiger partial charge on any atom is 0.239 e. The molecule has 0 bridgehead atoms. The van der Waals surface area contributed by atoms with E-state index in [0.717, 1.165) is 0 Å². The molecule has 0 saturated carbocycles.